The van der Waals surface area contributed by atoms with Gasteiger partial charge < -0.3 is 9.64 Å². The molecule has 1 aromatic rings. The second-order valence-corrected chi connectivity index (χ2v) is 6.87. The standard InChI is InChI=1S/C16H22BrNO2/c1-16(2,3)13-6-4-12(5-7-13)15(19)18-8-9-20-14(10-17)11-18/h4-7,14H,8-11H2,1-3H3. The maximum absolute atomic E-state index is 12.5. The summed E-state index contributed by atoms with van der Waals surface area (Å²) in [5.41, 5.74) is 2.12. The van der Waals surface area contributed by atoms with E-state index >= 15 is 0 Å². The van der Waals surface area contributed by atoms with E-state index in [0.29, 0.717) is 19.7 Å². The fourth-order valence-corrected chi connectivity index (χ4v) is 2.68. The number of nitrogens with zero attached hydrogens (tertiary/aromatic N) is 1. The summed E-state index contributed by atoms with van der Waals surface area (Å²) in [4.78, 5) is 14.4. The van der Waals surface area contributed by atoms with Crippen LogP contribution in [0.1, 0.15) is 36.7 Å². The van der Waals surface area contributed by atoms with Crippen LogP contribution in [-0.4, -0.2) is 41.9 Å². The smallest absolute Gasteiger partial charge is 0.254 e. The first-order valence-electron chi connectivity index (χ1n) is 6.99. The molecule has 1 unspecified atom stereocenters. The summed E-state index contributed by atoms with van der Waals surface area (Å²) in [6, 6.07) is 7.97. The largest absolute Gasteiger partial charge is 0.374 e. The van der Waals surface area contributed by atoms with Crippen LogP contribution in [0.4, 0.5) is 0 Å². The molecule has 3 nitrogen and oxygen atoms in total. The van der Waals surface area contributed by atoms with E-state index in [0.717, 1.165) is 10.9 Å². The van der Waals surface area contributed by atoms with Crippen LogP contribution in [0.2, 0.25) is 0 Å². The minimum Gasteiger partial charge on any atom is -0.374 e. The number of hydrogen-bond acceptors (Lipinski definition) is 2. The van der Waals surface area contributed by atoms with Gasteiger partial charge in [-0.1, -0.05) is 48.8 Å². The van der Waals surface area contributed by atoms with Crippen molar-refractivity contribution in [2.75, 3.05) is 25.0 Å². The topological polar surface area (TPSA) is 29.5 Å². The Morgan fingerprint density at radius 3 is 2.55 bits per heavy atom. The van der Waals surface area contributed by atoms with Crippen molar-refractivity contribution >= 4 is 21.8 Å². The molecule has 0 radical (unpaired) electrons. The Hall–Kier alpha value is -0.870. The SMILES string of the molecule is CC(C)(C)c1ccc(C(=O)N2CCOC(CBr)C2)cc1. The number of halogens is 1. The third-order valence-corrected chi connectivity index (χ3v) is 4.32. The number of alkyl halides is 1. The van der Waals surface area contributed by atoms with Crippen molar-refractivity contribution in [3.8, 4) is 0 Å². The molecule has 110 valence electrons. The highest BCUT2D eigenvalue weighted by molar-refractivity contribution is 9.09. The Bertz CT molecular complexity index is 464. The molecule has 1 atom stereocenters. The molecule has 0 N–H and O–H groups in total. The number of carbonyl (C=O) groups excluding carboxylic acids is 1. The van der Waals surface area contributed by atoms with Gasteiger partial charge in [-0.05, 0) is 23.1 Å². The molecular weight excluding hydrogens is 318 g/mol. The van der Waals surface area contributed by atoms with Gasteiger partial charge in [-0.2, -0.15) is 0 Å². The number of rotatable bonds is 2. The van der Waals surface area contributed by atoms with E-state index in [1.807, 2.05) is 17.0 Å². The highest BCUT2D eigenvalue weighted by Crippen LogP contribution is 2.22. The van der Waals surface area contributed by atoms with E-state index in [1.165, 1.54) is 5.56 Å². The summed E-state index contributed by atoms with van der Waals surface area (Å²) in [7, 11) is 0. The zero-order valence-electron chi connectivity index (χ0n) is 12.4. The highest BCUT2D eigenvalue weighted by Gasteiger charge is 2.24. The molecule has 1 heterocycles. The third kappa shape index (κ3) is 3.61. The van der Waals surface area contributed by atoms with E-state index < -0.39 is 0 Å². The Balaban J connectivity index is 2.09. The first-order chi connectivity index (χ1) is 9.41. The lowest BCUT2D eigenvalue weighted by molar-refractivity contribution is -0.00965. The summed E-state index contributed by atoms with van der Waals surface area (Å²) in [6.07, 6.45) is 0.0987. The van der Waals surface area contributed by atoms with Crippen LogP contribution in [0, 0.1) is 0 Å². The fraction of sp³-hybridized carbons (Fsp3) is 0.562. The Kier molecular flexibility index (Phi) is 4.86. The zero-order chi connectivity index (χ0) is 14.8. The van der Waals surface area contributed by atoms with Gasteiger partial charge in [-0.25, -0.2) is 0 Å². The van der Waals surface area contributed by atoms with Crippen LogP contribution in [0.3, 0.4) is 0 Å². The van der Waals surface area contributed by atoms with Crippen molar-refractivity contribution in [1.82, 2.24) is 4.90 Å². The lowest BCUT2D eigenvalue weighted by Gasteiger charge is -2.32. The summed E-state index contributed by atoms with van der Waals surface area (Å²) in [6.45, 7) is 8.46. The minimum atomic E-state index is 0.0970. The normalized spacial score (nSPS) is 20.0. The van der Waals surface area contributed by atoms with E-state index in [2.05, 4.69) is 48.8 Å². The molecule has 1 saturated heterocycles. The van der Waals surface area contributed by atoms with Gasteiger partial charge in [0, 0.05) is 24.0 Å². The van der Waals surface area contributed by atoms with Crippen LogP contribution in [0.15, 0.2) is 24.3 Å². The van der Waals surface area contributed by atoms with Crippen LogP contribution < -0.4 is 0 Å². The number of carbonyl (C=O) groups is 1. The number of amides is 1. The number of hydrogen-bond donors (Lipinski definition) is 0. The molecule has 0 bridgehead atoms. The second kappa shape index (κ2) is 6.27. The minimum absolute atomic E-state index is 0.0970. The molecule has 1 amide bonds. The lowest BCUT2D eigenvalue weighted by Crippen LogP contribution is -2.46. The van der Waals surface area contributed by atoms with Gasteiger partial charge in [-0.3, -0.25) is 4.79 Å². The molecule has 0 spiro atoms. The van der Waals surface area contributed by atoms with E-state index in [-0.39, 0.29) is 17.4 Å². The summed E-state index contributed by atoms with van der Waals surface area (Å²) in [5, 5.41) is 0.764. The van der Waals surface area contributed by atoms with Crippen LogP contribution >= 0.6 is 15.9 Å². The molecule has 2 rings (SSSR count). The number of benzene rings is 1. The molecule has 1 aliphatic rings. The van der Waals surface area contributed by atoms with E-state index in [1.54, 1.807) is 0 Å². The van der Waals surface area contributed by atoms with Gasteiger partial charge in [-0.15, -0.1) is 0 Å². The summed E-state index contributed by atoms with van der Waals surface area (Å²) >= 11 is 3.41. The van der Waals surface area contributed by atoms with Crippen molar-refractivity contribution < 1.29 is 9.53 Å². The Labute approximate surface area is 129 Å². The molecule has 1 fully saturated rings. The van der Waals surface area contributed by atoms with Gasteiger partial charge in [0.05, 0.1) is 12.7 Å². The quantitative estimate of drug-likeness (QED) is 0.774. The van der Waals surface area contributed by atoms with Crippen molar-refractivity contribution in [1.29, 1.82) is 0 Å². The molecule has 4 heteroatoms. The monoisotopic (exact) mass is 339 g/mol. The molecule has 1 aromatic carbocycles. The lowest BCUT2D eigenvalue weighted by atomic mass is 9.86. The van der Waals surface area contributed by atoms with Crippen LogP contribution in [0.25, 0.3) is 0 Å². The van der Waals surface area contributed by atoms with Gasteiger partial charge in [0.15, 0.2) is 0 Å². The van der Waals surface area contributed by atoms with Gasteiger partial charge in [0.25, 0.3) is 5.91 Å². The highest BCUT2D eigenvalue weighted by atomic mass is 79.9. The van der Waals surface area contributed by atoms with Crippen LogP contribution in [-0.2, 0) is 10.2 Å². The first-order valence-corrected chi connectivity index (χ1v) is 8.11. The van der Waals surface area contributed by atoms with Crippen molar-refractivity contribution in [2.45, 2.75) is 32.3 Å². The molecule has 0 aliphatic carbocycles. The van der Waals surface area contributed by atoms with E-state index in [4.69, 9.17) is 4.74 Å². The number of ether oxygens (including phenoxy) is 1. The maximum Gasteiger partial charge on any atom is 0.254 e. The predicted octanol–water partition coefficient (Wildman–Crippen LogP) is 3.22. The molecular formula is C16H22BrNO2. The molecule has 1 aliphatic heterocycles. The second-order valence-electron chi connectivity index (χ2n) is 6.23. The molecule has 20 heavy (non-hydrogen) atoms. The van der Waals surface area contributed by atoms with Crippen molar-refractivity contribution in [3.63, 3.8) is 0 Å². The average molecular weight is 340 g/mol. The van der Waals surface area contributed by atoms with Gasteiger partial charge in [0.2, 0.25) is 0 Å². The predicted molar refractivity (Wildman–Crippen MR) is 84.6 cm³/mol. The Morgan fingerprint density at radius 1 is 1.35 bits per heavy atom. The summed E-state index contributed by atoms with van der Waals surface area (Å²) in [5.74, 6) is 0.0970. The Morgan fingerprint density at radius 2 is 2.00 bits per heavy atom. The fourth-order valence-electron chi connectivity index (χ4n) is 2.29. The van der Waals surface area contributed by atoms with Crippen molar-refractivity contribution in [2.24, 2.45) is 0 Å². The molecule has 0 aromatic heterocycles. The first kappa shape index (κ1) is 15.5. The van der Waals surface area contributed by atoms with E-state index in [9.17, 15) is 4.79 Å². The average Bonchev–Trinajstić information content (AvgIpc) is 2.46. The number of morpholine rings is 1. The summed E-state index contributed by atoms with van der Waals surface area (Å²) < 4.78 is 5.57. The van der Waals surface area contributed by atoms with Crippen molar-refractivity contribution in [3.05, 3.63) is 35.4 Å². The maximum atomic E-state index is 12.5. The third-order valence-electron chi connectivity index (χ3n) is 3.60. The molecule has 0 saturated carbocycles. The van der Waals surface area contributed by atoms with Crippen LogP contribution in [0.5, 0.6) is 0 Å². The van der Waals surface area contributed by atoms with Gasteiger partial charge >= 0.3 is 0 Å². The van der Waals surface area contributed by atoms with Gasteiger partial charge in [0.1, 0.15) is 0 Å². The zero-order valence-corrected chi connectivity index (χ0v) is 13.9.